The van der Waals surface area contributed by atoms with Crippen LogP contribution in [0.2, 0.25) is 0 Å². The van der Waals surface area contributed by atoms with Crippen LogP contribution in [0.1, 0.15) is 24.8 Å². The summed E-state index contributed by atoms with van der Waals surface area (Å²) in [6.07, 6.45) is 2.38. The van der Waals surface area contributed by atoms with Gasteiger partial charge in [-0.25, -0.2) is 9.45 Å². The van der Waals surface area contributed by atoms with E-state index in [1.165, 1.54) is 11.1 Å². The summed E-state index contributed by atoms with van der Waals surface area (Å²) in [5.41, 5.74) is 1.01. The summed E-state index contributed by atoms with van der Waals surface area (Å²) in [4.78, 5) is 20.0. The van der Waals surface area contributed by atoms with Gasteiger partial charge >= 0.3 is 0 Å². The molecule has 3 fully saturated rings. The van der Waals surface area contributed by atoms with Gasteiger partial charge in [0.05, 0.1) is 32.3 Å². The average Bonchev–Trinajstić information content (AvgIpc) is 3.25. The van der Waals surface area contributed by atoms with Gasteiger partial charge in [-0.05, 0) is 43.0 Å². The molecular weight excluding hydrogens is 323 g/mol. The monoisotopic (exact) mass is 348 g/mol. The highest BCUT2D eigenvalue weighted by Crippen LogP contribution is 2.36. The van der Waals surface area contributed by atoms with Crippen molar-refractivity contribution in [1.29, 1.82) is 0 Å². The van der Waals surface area contributed by atoms with Crippen molar-refractivity contribution in [3.05, 3.63) is 35.6 Å². The normalized spacial score (nSPS) is 29.8. The highest BCUT2D eigenvalue weighted by molar-refractivity contribution is 5.75. The molecule has 3 saturated heterocycles. The second-order valence-electron chi connectivity index (χ2n) is 7.34. The molecule has 0 N–H and O–H groups in total. The number of rotatable bonds is 4. The molecule has 0 aromatic heterocycles. The Hall–Kier alpha value is -1.50. The van der Waals surface area contributed by atoms with Gasteiger partial charge in [-0.15, -0.1) is 0 Å². The molecular formula is C19H25FN2O3. The van der Waals surface area contributed by atoms with E-state index in [2.05, 4.69) is 4.90 Å². The van der Waals surface area contributed by atoms with Crippen LogP contribution in [0.3, 0.4) is 0 Å². The lowest BCUT2D eigenvalue weighted by molar-refractivity contribution is -0.171. The average molecular weight is 348 g/mol. The van der Waals surface area contributed by atoms with Gasteiger partial charge in [-0.3, -0.25) is 14.5 Å². The molecule has 4 rings (SSSR count). The number of carbonyl (C=O) groups excluding carboxylic acids is 1. The SMILES string of the molecule is O=C(C[C@@H]1OC[C@H]2CN(Cc3cccc(F)c3)CC[C@H]21)N1CCCO1. The smallest absolute Gasteiger partial charge is 0.248 e. The zero-order chi connectivity index (χ0) is 17.2. The summed E-state index contributed by atoms with van der Waals surface area (Å²) >= 11 is 0. The Bertz CT molecular complexity index is 620. The molecule has 5 nitrogen and oxygen atoms in total. The van der Waals surface area contributed by atoms with E-state index >= 15 is 0 Å². The molecule has 3 atom stereocenters. The predicted octanol–water partition coefficient (Wildman–Crippen LogP) is 2.22. The van der Waals surface area contributed by atoms with Crippen molar-refractivity contribution in [2.75, 3.05) is 32.8 Å². The van der Waals surface area contributed by atoms with E-state index in [4.69, 9.17) is 9.57 Å². The van der Waals surface area contributed by atoms with Crippen molar-refractivity contribution in [3.8, 4) is 0 Å². The lowest BCUT2D eigenvalue weighted by Crippen LogP contribution is -2.42. The molecule has 0 spiro atoms. The number of benzene rings is 1. The summed E-state index contributed by atoms with van der Waals surface area (Å²) in [5.74, 6) is 0.763. The van der Waals surface area contributed by atoms with Crippen LogP contribution < -0.4 is 0 Å². The second-order valence-corrected chi connectivity index (χ2v) is 7.34. The Balaban J connectivity index is 1.31. The first-order chi connectivity index (χ1) is 12.2. The van der Waals surface area contributed by atoms with Gasteiger partial charge in [-0.2, -0.15) is 0 Å². The molecule has 0 unspecified atom stereocenters. The number of likely N-dealkylation sites (tertiary alicyclic amines) is 1. The van der Waals surface area contributed by atoms with Crippen LogP contribution in [-0.2, 0) is 20.9 Å². The Labute approximate surface area is 147 Å². The maximum Gasteiger partial charge on any atom is 0.248 e. The Morgan fingerprint density at radius 2 is 2.24 bits per heavy atom. The zero-order valence-electron chi connectivity index (χ0n) is 14.4. The predicted molar refractivity (Wildman–Crippen MR) is 89.9 cm³/mol. The molecule has 0 aliphatic carbocycles. The highest BCUT2D eigenvalue weighted by Gasteiger charge is 2.42. The van der Waals surface area contributed by atoms with Crippen LogP contribution in [0.25, 0.3) is 0 Å². The maximum absolute atomic E-state index is 13.4. The van der Waals surface area contributed by atoms with Crippen molar-refractivity contribution in [2.24, 2.45) is 11.8 Å². The number of hydroxylamine groups is 2. The number of fused-ring (bicyclic) bond motifs is 1. The van der Waals surface area contributed by atoms with E-state index in [0.29, 0.717) is 38.0 Å². The highest BCUT2D eigenvalue weighted by atomic mass is 19.1. The third kappa shape index (κ3) is 3.86. The van der Waals surface area contributed by atoms with E-state index in [0.717, 1.165) is 38.0 Å². The van der Waals surface area contributed by atoms with Gasteiger partial charge in [0, 0.05) is 19.0 Å². The van der Waals surface area contributed by atoms with Crippen molar-refractivity contribution >= 4 is 5.91 Å². The number of ether oxygens (including phenoxy) is 1. The fourth-order valence-corrected chi connectivity index (χ4v) is 4.33. The molecule has 3 heterocycles. The molecule has 0 radical (unpaired) electrons. The molecule has 1 aromatic carbocycles. The molecule has 1 amide bonds. The third-order valence-electron chi connectivity index (χ3n) is 5.58. The van der Waals surface area contributed by atoms with Crippen molar-refractivity contribution in [3.63, 3.8) is 0 Å². The lowest BCUT2D eigenvalue weighted by atomic mass is 9.83. The van der Waals surface area contributed by atoms with Crippen molar-refractivity contribution in [1.82, 2.24) is 9.96 Å². The first-order valence-corrected chi connectivity index (χ1v) is 9.21. The van der Waals surface area contributed by atoms with Gasteiger partial charge in [0.1, 0.15) is 5.82 Å². The summed E-state index contributed by atoms with van der Waals surface area (Å²) < 4.78 is 19.3. The minimum atomic E-state index is -0.181. The summed E-state index contributed by atoms with van der Waals surface area (Å²) in [7, 11) is 0. The van der Waals surface area contributed by atoms with Gasteiger partial charge in [0.15, 0.2) is 0 Å². The quantitative estimate of drug-likeness (QED) is 0.837. The molecule has 0 bridgehead atoms. The van der Waals surface area contributed by atoms with Crippen LogP contribution in [0.15, 0.2) is 24.3 Å². The summed E-state index contributed by atoms with van der Waals surface area (Å²) in [6.45, 7) is 4.73. The number of hydrogen-bond acceptors (Lipinski definition) is 4. The van der Waals surface area contributed by atoms with Crippen LogP contribution in [0.5, 0.6) is 0 Å². The number of hydrogen-bond donors (Lipinski definition) is 0. The number of carbonyl (C=O) groups is 1. The van der Waals surface area contributed by atoms with Crippen molar-refractivity contribution in [2.45, 2.75) is 31.9 Å². The van der Waals surface area contributed by atoms with E-state index < -0.39 is 0 Å². The molecule has 3 aliphatic rings. The Morgan fingerprint density at radius 3 is 3.04 bits per heavy atom. The van der Waals surface area contributed by atoms with Gasteiger partial charge in [0.2, 0.25) is 5.91 Å². The van der Waals surface area contributed by atoms with Gasteiger partial charge in [0.25, 0.3) is 0 Å². The van der Waals surface area contributed by atoms with E-state index in [9.17, 15) is 9.18 Å². The Morgan fingerprint density at radius 1 is 1.32 bits per heavy atom. The number of piperidine rings is 1. The minimum absolute atomic E-state index is 0.0121. The fourth-order valence-electron chi connectivity index (χ4n) is 4.33. The van der Waals surface area contributed by atoms with Gasteiger partial charge in [-0.1, -0.05) is 12.1 Å². The zero-order valence-corrected chi connectivity index (χ0v) is 14.4. The first-order valence-electron chi connectivity index (χ1n) is 9.21. The van der Waals surface area contributed by atoms with Gasteiger partial charge < -0.3 is 4.74 Å². The third-order valence-corrected chi connectivity index (χ3v) is 5.58. The number of nitrogens with zero attached hydrogens (tertiary/aromatic N) is 2. The van der Waals surface area contributed by atoms with E-state index in [1.807, 2.05) is 6.07 Å². The lowest BCUT2D eigenvalue weighted by Gasteiger charge is -2.35. The molecule has 1 aromatic rings. The molecule has 6 heteroatoms. The second kappa shape index (κ2) is 7.40. The van der Waals surface area contributed by atoms with Crippen LogP contribution in [-0.4, -0.2) is 54.8 Å². The minimum Gasteiger partial charge on any atom is -0.377 e. The molecule has 3 aliphatic heterocycles. The molecule has 25 heavy (non-hydrogen) atoms. The topological polar surface area (TPSA) is 42.0 Å². The van der Waals surface area contributed by atoms with E-state index in [1.54, 1.807) is 12.1 Å². The number of halogens is 1. The van der Waals surface area contributed by atoms with E-state index in [-0.39, 0.29) is 17.8 Å². The molecule has 136 valence electrons. The van der Waals surface area contributed by atoms with Crippen LogP contribution in [0.4, 0.5) is 4.39 Å². The Kier molecular flexibility index (Phi) is 5.01. The standard InChI is InChI=1S/C19H25FN2O3/c20-16-4-1-3-14(9-16)11-21-7-5-17-15(12-21)13-24-18(17)10-19(23)22-6-2-8-25-22/h1,3-4,9,15,17-18H,2,5-8,10-13H2/t15-,17-,18+/m1/s1. The van der Waals surface area contributed by atoms with Crippen molar-refractivity contribution < 1.29 is 18.8 Å². The van der Waals surface area contributed by atoms with Crippen LogP contribution in [0, 0.1) is 17.7 Å². The summed E-state index contributed by atoms with van der Waals surface area (Å²) in [5, 5.41) is 1.50. The van der Waals surface area contributed by atoms with Crippen LogP contribution >= 0.6 is 0 Å². The first kappa shape index (κ1) is 16.9. The fraction of sp³-hybridized carbons (Fsp3) is 0.632. The maximum atomic E-state index is 13.4. The number of amides is 1. The molecule has 0 saturated carbocycles. The summed E-state index contributed by atoms with van der Waals surface area (Å²) in [6, 6.07) is 6.82. The largest absolute Gasteiger partial charge is 0.377 e.